The van der Waals surface area contributed by atoms with Crippen molar-refractivity contribution in [3.8, 4) is 5.75 Å². The van der Waals surface area contributed by atoms with E-state index in [0.29, 0.717) is 6.42 Å². The molecule has 1 fully saturated rings. The first-order valence-corrected chi connectivity index (χ1v) is 10.2. The van der Waals surface area contributed by atoms with Crippen LogP contribution in [0.5, 0.6) is 5.75 Å². The Hall–Kier alpha value is -2.75. The fourth-order valence-electron chi connectivity index (χ4n) is 4.30. The van der Waals surface area contributed by atoms with E-state index in [2.05, 4.69) is 40.2 Å². The molecule has 1 saturated heterocycles. The number of H-pyrrole nitrogens is 1. The first-order chi connectivity index (χ1) is 13.8. The highest BCUT2D eigenvalue weighted by atomic mass is 16.5. The summed E-state index contributed by atoms with van der Waals surface area (Å²) in [5.74, 6) is 1.11. The molecule has 2 heterocycles. The summed E-state index contributed by atoms with van der Waals surface area (Å²) in [5, 5.41) is 1.22. The summed E-state index contributed by atoms with van der Waals surface area (Å²) in [6.07, 6.45) is 7.85. The molecule has 2 aromatic carbocycles. The van der Waals surface area contributed by atoms with Gasteiger partial charge in [0.25, 0.3) is 0 Å². The summed E-state index contributed by atoms with van der Waals surface area (Å²) in [7, 11) is 1.68. The molecule has 0 spiro atoms. The number of rotatable bonds is 5. The van der Waals surface area contributed by atoms with E-state index in [9.17, 15) is 4.79 Å². The number of likely N-dealkylation sites (tertiary alicyclic amines) is 1. The third kappa shape index (κ3) is 3.91. The van der Waals surface area contributed by atoms with Crippen molar-refractivity contribution in [3.63, 3.8) is 0 Å². The van der Waals surface area contributed by atoms with Gasteiger partial charge in [-0.05, 0) is 48.6 Å². The highest BCUT2D eigenvalue weighted by Gasteiger charge is 2.26. The molecule has 3 aromatic rings. The van der Waals surface area contributed by atoms with Crippen LogP contribution in [0.2, 0.25) is 0 Å². The number of nitrogens with zero attached hydrogens (tertiary/aromatic N) is 1. The molecule has 4 rings (SSSR count). The number of aryl methyl sites for hydroxylation is 1. The maximum Gasteiger partial charge on any atom is 0.223 e. The molecule has 0 bridgehead atoms. The Morgan fingerprint density at radius 2 is 1.93 bits per heavy atom. The lowest BCUT2D eigenvalue weighted by Crippen LogP contribution is -2.35. The van der Waals surface area contributed by atoms with Crippen LogP contribution in [-0.2, 0) is 11.2 Å². The van der Waals surface area contributed by atoms with E-state index in [4.69, 9.17) is 4.74 Å². The Kier molecular flexibility index (Phi) is 5.65. The normalized spacial score (nSPS) is 17.5. The monoisotopic (exact) mass is 376 g/mol. The van der Waals surface area contributed by atoms with Crippen molar-refractivity contribution in [2.24, 2.45) is 0 Å². The van der Waals surface area contributed by atoms with Crippen LogP contribution < -0.4 is 4.74 Å². The van der Waals surface area contributed by atoms with E-state index in [1.807, 2.05) is 24.4 Å². The van der Waals surface area contributed by atoms with Crippen LogP contribution in [0.4, 0.5) is 0 Å². The highest BCUT2D eigenvalue weighted by molar-refractivity contribution is 5.84. The zero-order valence-corrected chi connectivity index (χ0v) is 16.5. The van der Waals surface area contributed by atoms with Gasteiger partial charge >= 0.3 is 0 Å². The Labute approximate surface area is 166 Å². The molecule has 1 aliphatic heterocycles. The molecular formula is C24H28N2O2. The van der Waals surface area contributed by atoms with Gasteiger partial charge in [0.1, 0.15) is 5.75 Å². The topological polar surface area (TPSA) is 45.3 Å². The second-order valence-corrected chi connectivity index (χ2v) is 7.58. The van der Waals surface area contributed by atoms with Gasteiger partial charge in [0.2, 0.25) is 5.91 Å². The van der Waals surface area contributed by atoms with Crippen LogP contribution in [0.1, 0.15) is 49.3 Å². The van der Waals surface area contributed by atoms with Crippen LogP contribution in [0.25, 0.3) is 10.9 Å². The van der Waals surface area contributed by atoms with Gasteiger partial charge in [0.15, 0.2) is 0 Å². The largest absolute Gasteiger partial charge is 0.497 e. The van der Waals surface area contributed by atoms with Crippen molar-refractivity contribution >= 4 is 16.8 Å². The fraction of sp³-hybridized carbons (Fsp3) is 0.375. The minimum absolute atomic E-state index is 0.170. The van der Waals surface area contributed by atoms with Crippen molar-refractivity contribution in [2.75, 3.05) is 13.7 Å². The first kappa shape index (κ1) is 18.6. The lowest BCUT2D eigenvalue weighted by atomic mass is 10.00. The molecule has 0 aliphatic carbocycles. The number of aromatic amines is 1. The standard InChI is InChI=1S/C24H28N2O2/c1-28-20-13-10-18(11-14-20)23-9-3-2-6-16-26(23)24(27)15-12-19-17-25-22-8-5-4-7-21(19)22/h4-5,7-8,10-11,13-14,17,23,25H,2-3,6,9,12,15-16H2,1H3/t23-/m1/s1. The Morgan fingerprint density at radius 1 is 1.11 bits per heavy atom. The number of amides is 1. The number of methoxy groups -OCH3 is 1. The van der Waals surface area contributed by atoms with E-state index in [1.54, 1.807) is 7.11 Å². The Balaban J connectivity index is 1.49. The molecule has 0 saturated carbocycles. The molecule has 4 nitrogen and oxygen atoms in total. The molecule has 1 aliphatic rings. The molecule has 1 aromatic heterocycles. The summed E-state index contributed by atoms with van der Waals surface area (Å²) in [5.41, 5.74) is 3.57. The molecule has 1 atom stereocenters. The van der Waals surface area contributed by atoms with E-state index in [0.717, 1.165) is 37.1 Å². The van der Waals surface area contributed by atoms with E-state index < -0.39 is 0 Å². The van der Waals surface area contributed by atoms with Gasteiger partial charge < -0.3 is 14.6 Å². The average molecular weight is 376 g/mol. The second-order valence-electron chi connectivity index (χ2n) is 7.58. The van der Waals surface area contributed by atoms with Gasteiger partial charge in [-0.25, -0.2) is 0 Å². The van der Waals surface area contributed by atoms with Crippen molar-refractivity contribution in [2.45, 2.75) is 44.6 Å². The maximum atomic E-state index is 13.2. The van der Waals surface area contributed by atoms with Gasteiger partial charge in [-0.3, -0.25) is 4.79 Å². The minimum Gasteiger partial charge on any atom is -0.497 e. The zero-order valence-electron chi connectivity index (χ0n) is 16.5. The number of ether oxygens (including phenoxy) is 1. The number of carbonyl (C=O) groups is 1. The van der Waals surface area contributed by atoms with Crippen molar-refractivity contribution in [3.05, 3.63) is 65.9 Å². The zero-order chi connectivity index (χ0) is 19.3. The second kappa shape index (κ2) is 8.51. The molecule has 1 amide bonds. The summed E-state index contributed by atoms with van der Waals surface area (Å²) in [6, 6.07) is 16.7. The fourth-order valence-corrected chi connectivity index (χ4v) is 4.30. The number of para-hydroxylation sites is 1. The molecule has 1 N–H and O–H groups in total. The van der Waals surface area contributed by atoms with Gasteiger partial charge in [-0.2, -0.15) is 0 Å². The summed E-state index contributed by atoms with van der Waals surface area (Å²) in [6.45, 7) is 0.851. The van der Waals surface area contributed by atoms with E-state index in [-0.39, 0.29) is 11.9 Å². The predicted octanol–water partition coefficient (Wildman–Crippen LogP) is 5.25. The maximum absolute atomic E-state index is 13.2. The van der Waals surface area contributed by atoms with Gasteiger partial charge in [0.05, 0.1) is 13.2 Å². The van der Waals surface area contributed by atoms with Crippen LogP contribution in [0.3, 0.4) is 0 Å². The Morgan fingerprint density at radius 3 is 2.75 bits per heavy atom. The van der Waals surface area contributed by atoms with Crippen LogP contribution in [0.15, 0.2) is 54.7 Å². The molecule has 146 valence electrons. The molecular weight excluding hydrogens is 348 g/mol. The smallest absolute Gasteiger partial charge is 0.223 e. The van der Waals surface area contributed by atoms with E-state index >= 15 is 0 Å². The average Bonchev–Trinajstić information content (AvgIpc) is 2.99. The quantitative estimate of drug-likeness (QED) is 0.661. The van der Waals surface area contributed by atoms with Crippen molar-refractivity contribution in [1.29, 1.82) is 0 Å². The Bertz CT molecular complexity index is 929. The van der Waals surface area contributed by atoms with Gasteiger partial charge in [-0.1, -0.05) is 43.2 Å². The van der Waals surface area contributed by atoms with E-state index in [1.165, 1.54) is 29.4 Å². The minimum atomic E-state index is 0.170. The lowest BCUT2D eigenvalue weighted by molar-refractivity contribution is -0.133. The van der Waals surface area contributed by atoms with Crippen LogP contribution in [0, 0.1) is 0 Å². The number of hydrogen-bond donors (Lipinski definition) is 1. The molecule has 0 unspecified atom stereocenters. The number of hydrogen-bond acceptors (Lipinski definition) is 2. The van der Waals surface area contributed by atoms with Crippen LogP contribution >= 0.6 is 0 Å². The molecule has 28 heavy (non-hydrogen) atoms. The number of nitrogens with one attached hydrogen (secondary N) is 1. The van der Waals surface area contributed by atoms with Crippen molar-refractivity contribution < 1.29 is 9.53 Å². The van der Waals surface area contributed by atoms with Gasteiger partial charge in [-0.15, -0.1) is 0 Å². The lowest BCUT2D eigenvalue weighted by Gasteiger charge is -2.31. The number of benzene rings is 2. The number of aromatic nitrogens is 1. The first-order valence-electron chi connectivity index (χ1n) is 10.2. The highest BCUT2D eigenvalue weighted by Crippen LogP contribution is 2.32. The summed E-state index contributed by atoms with van der Waals surface area (Å²) >= 11 is 0. The SMILES string of the molecule is COc1ccc([C@H]2CCCCCN2C(=O)CCc2c[nH]c3ccccc23)cc1. The van der Waals surface area contributed by atoms with Gasteiger partial charge in [0, 0.05) is 30.1 Å². The third-order valence-corrected chi connectivity index (χ3v) is 5.86. The summed E-state index contributed by atoms with van der Waals surface area (Å²) in [4.78, 5) is 18.6. The summed E-state index contributed by atoms with van der Waals surface area (Å²) < 4.78 is 5.29. The van der Waals surface area contributed by atoms with Crippen LogP contribution in [-0.4, -0.2) is 29.4 Å². The third-order valence-electron chi connectivity index (χ3n) is 5.86. The predicted molar refractivity (Wildman–Crippen MR) is 113 cm³/mol. The molecule has 4 heteroatoms. The number of carbonyl (C=O) groups excluding carboxylic acids is 1. The molecule has 0 radical (unpaired) electrons. The number of fused-ring (bicyclic) bond motifs is 1. The van der Waals surface area contributed by atoms with Crippen molar-refractivity contribution in [1.82, 2.24) is 9.88 Å².